The fourth-order valence-corrected chi connectivity index (χ4v) is 1.15. The Balaban J connectivity index is 2.69. The monoisotopic (exact) mass is 174 g/mol. The van der Waals surface area contributed by atoms with Crippen LogP contribution in [-0.2, 0) is 4.79 Å². The molecule has 0 unspecified atom stereocenters. The minimum atomic E-state index is 0.0998. The van der Waals surface area contributed by atoms with Crippen molar-refractivity contribution in [3.63, 3.8) is 0 Å². The van der Waals surface area contributed by atoms with E-state index in [0.29, 0.717) is 5.92 Å². The molecule has 0 saturated carbocycles. The highest BCUT2D eigenvalue weighted by molar-refractivity contribution is 5.87. The fourth-order valence-electron chi connectivity index (χ4n) is 1.15. The highest BCUT2D eigenvalue weighted by Gasteiger charge is 1.98. The molecule has 0 aromatic heterocycles. The molecule has 0 saturated heterocycles. The second-order valence-corrected chi connectivity index (χ2v) is 3.17. The Morgan fingerprint density at radius 1 is 1.31 bits per heavy atom. The summed E-state index contributed by atoms with van der Waals surface area (Å²) in [6.45, 7) is 3.64. The highest BCUT2D eigenvalue weighted by Crippen LogP contribution is 2.15. The predicted octanol–water partition coefficient (Wildman–Crippen LogP) is 2.94. The van der Waals surface area contributed by atoms with Gasteiger partial charge in [0.05, 0.1) is 0 Å². The Kier molecular flexibility index (Phi) is 3.44. The Bertz CT molecular complexity index is 298. The maximum absolute atomic E-state index is 10.7. The minimum Gasteiger partial charge on any atom is -0.295 e. The largest absolute Gasteiger partial charge is 0.295 e. The molecule has 0 aliphatic rings. The van der Waals surface area contributed by atoms with Gasteiger partial charge in [-0.05, 0) is 24.5 Å². The van der Waals surface area contributed by atoms with Crippen molar-refractivity contribution >= 4 is 5.78 Å². The summed E-state index contributed by atoms with van der Waals surface area (Å²) < 4.78 is 0. The molecule has 1 atom stereocenters. The van der Waals surface area contributed by atoms with Crippen LogP contribution in [0.4, 0.5) is 0 Å². The van der Waals surface area contributed by atoms with Gasteiger partial charge >= 0.3 is 0 Å². The molecule has 0 aliphatic heterocycles. The molecular formula is C12H14O. The van der Waals surface area contributed by atoms with Gasteiger partial charge < -0.3 is 0 Å². The van der Waals surface area contributed by atoms with Gasteiger partial charge in [-0.25, -0.2) is 0 Å². The third-order valence-corrected chi connectivity index (χ3v) is 1.94. The molecule has 1 aromatic carbocycles. The predicted molar refractivity (Wildman–Crippen MR) is 54.7 cm³/mol. The van der Waals surface area contributed by atoms with Crippen LogP contribution in [0.2, 0.25) is 0 Å². The van der Waals surface area contributed by atoms with E-state index in [9.17, 15) is 4.79 Å². The third-order valence-electron chi connectivity index (χ3n) is 1.94. The molecule has 1 rings (SSSR count). The second kappa shape index (κ2) is 4.61. The quantitative estimate of drug-likeness (QED) is 0.644. The van der Waals surface area contributed by atoms with Crippen molar-refractivity contribution in [2.45, 2.75) is 19.8 Å². The molecule has 0 spiro atoms. The second-order valence-electron chi connectivity index (χ2n) is 3.17. The van der Waals surface area contributed by atoms with Crippen LogP contribution in [0, 0.1) is 0 Å². The lowest BCUT2D eigenvalue weighted by molar-refractivity contribution is -0.112. The number of carbonyl (C=O) groups is 1. The van der Waals surface area contributed by atoms with Crippen LogP contribution in [0.25, 0.3) is 0 Å². The van der Waals surface area contributed by atoms with Crippen molar-refractivity contribution in [3.8, 4) is 0 Å². The third kappa shape index (κ3) is 3.24. The van der Waals surface area contributed by atoms with Gasteiger partial charge in [-0.2, -0.15) is 0 Å². The lowest BCUT2D eigenvalue weighted by Gasteiger charge is -2.04. The van der Waals surface area contributed by atoms with Crippen LogP contribution in [0.15, 0.2) is 42.5 Å². The molecule has 0 bridgehead atoms. The highest BCUT2D eigenvalue weighted by atomic mass is 16.1. The van der Waals surface area contributed by atoms with Crippen LogP contribution in [0.3, 0.4) is 0 Å². The van der Waals surface area contributed by atoms with Gasteiger partial charge in [0.1, 0.15) is 0 Å². The maximum atomic E-state index is 10.7. The van der Waals surface area contributed by atoms with Crippen LogP contribution in [0.5, 0.6) is 0 Å². The molecule has 0 aliphatic carbocycles. The lowest BCUT2D eigenvalue weighted by atomic mass is 10.0. The first-order valence-electron chi connectivity index (χ1n) is 4.44. The van der Waals surface area contributed by atoms with Gasteiger partial charge in [-0.1, -0.05) is 43.3 Å². The lowest BCUT2D eigenvalue weighted by Crippen LogP contribution is -1.89. The average Bonchev–Trinajstić information content (AvgIpc) is 2.15. The van der Waals surface area contributed by atoms with E-state index in [0.717, 1.165) is 0 Å². The number of hydrogen-bond acceptors (Lipinski definition) is 1. The van der Waals surface area contributed by atoms with Crippen molar-refractivity contribution in [1.29, 1.82) is 0 Å². The van der Waals surface area contributed by atoms with Crippen molar-refractivity contribution in [2.75, 3.05) is 0 Å². The molecule has 13 heavy (non-hydrogen) atoms. The van der Waals surface area contributed by atoms with Gasteiger partial charge in [0.15, 0.2) is 5.78 Å². The standard InChI is InChI=1S/C12H14O/c1-10(8-9-11(2)13)12-6-4-3-5-7-12/h3-10H,1-2H3/b9-8-/t10-/m1/s1. The number of benzene rings is 1. The van der Waals surface area contributed by atoms with Crippen LogP contribution in [-0.4, -0.2) is 5.78 Å². The Morgan fingerprint density at radius 2 is 1.92 bits per heavy atom. The smallest absolute Gasteiger partial charge is 0.152 e. The Hall–Kier alpha value is -1.37. The minimum absolute atomic E-state index is 0.0998. The molecule has 68 valence electrons. The van der Waals surface area contributed by atoms with Crippen molar-refractivity contribution < 1.29 is 4.79 Å². The topological polar surface area (TPSA) is 17.1 Å². The van der Waals surface area contributed by atoms with Gasteiger partial charge in [0.2, 0.25) is 0 Å². The fraction of sp³-hybridized carbons (Fsp3) is 0.250. The number of hydrogen-bond donors (Lipinski definition) is 0. The summed E-state index contributed by atoms with van der Waals surface area (Å²) in [5, 5.41) is 0. The van der Waals surface area contributed by atoms with Gasteiger partial charge in [-0.3, -0.25) is 4.79 Å². The molecule has 1 nitrogen and oxygen atoms in total. The molecule has 0 N–H and O–H groups in total. The zero-order valence-electron chi connectivity index (χ0n) is 8.03. The summed E-state index contributed by atoms with van der Waals surface area (Å²) in [5.41, 5.74) is 1.24. The molecule has 1 heteroatoms. The molecule has 0 radical (unpaired) electrons. The number of allylic oxidation sites excluding steroid dienone is 2. The Labute approximate surface area is 79.1 Å². The average molecular weight is 174 g/mol. The SMILES string of the molecule is CC(=O)/C=C\[C@@H](C)c1ccccc1. The normalized spacial score (nSPS) is 13.1. The van der Waals surface area contributed by atoms with Crippen molar-refractivity contribution in [2.24, 2.45) is 0 Å². The van der Waals surface area contributed by atoms with E-state index in [2.05, 4.69) is 19.1 Å². The van der Waals surface area contributed by atoms with Gasteiger partial charge in [-0.15, -0.1) is 0 Å². The molecular weight excluding hydrogens is 160 g/mol. The van der Waals surface area contributed by atoms with Crippen molar-refractivity contribution in [3.05, 3.63) is 48.0 Å². The maximum Gasteiger partial charge on any atom is 0.152 e. The summed E-state index contributed by atoms with van der Waals surface area (Å²) in [7, 11) is 0. The van der Waals surface area contributed by atoms with Gasteiger partial charge in [0.25, 0.3) is 0 Å². The van der Waals surface area contributed by atoms with Crippen LogP contribution < -0.4 is 0 Å². The van der Waals surface area contributed by atoms with Crippen LogP contribution >= 0.6 is 0 Å². The van der Waals surface area contributed by atoms with E-state index in [-0.39, 0.29) is 5.78 Å². The molecule has 0 fully saturated rings. The summed E-state index contributed by atoms with van der Waals surface area (Å²) in [5.74, 6) is 0.410. The van der Waals surface area contributed by atoms with E-state index < -0.39 is 0 Å². The van der Waals surface area contributed by atoms with E-state index in [1.54, 1.807) is 13.0 Å². The molecule has 1 aromatic rings. The number of carbonyl (C=O) groups excluding carboxylic acids is 1. The Morgan fingerprint density at radius 3 is 2.46 bits per heavy atom. The van der Waals surface area contributed by atoms with Gasteiger partial charge in [0, 0.05) is 0 Å². The first-order chi connectivity index (χ1) is 6.20. The molecule has 0 heterocycles. The summed E-state index contributed by atoms with van der Waals surface area (Å²) >= 11 is 0. The molecule has 0 amide bonds. The first-order valence-corrected chi connectivity index (χ1v) is 4.44. The van der Waals surface area contributed by atoms with E-state index in [4.69, 9.17) is 0 Å². The van der Waals surface area contributed by atoms with E-state index in [1.165, 1.54) is 5.56 Å². The number of ketones is 1. The zero-order chi connectivity index (χ0) is 9.68. The number of rotatable bonds is 3. The van der Waals surface area contributed by atoms with E-state index in [1.807, 2.05) is 24.3 Å². The summed E-state index contributed by atoms with van der Waals surface area (Å²) in [4.78, 5) is 10.7. The zero-order valence-corrected chi connectivity index (χ0v) is 8.03. The summed E-state index contributed by atoms with van der Waals surface area (Å²) in [6, 6.07) is 10.1. The summed E-state index contributed by atoms with van der Waals surface area (Å²) in [6.07, 6.45) is 3.55. The first kappa shape index (κ1) is 9.72. The van der Waals surface area contributed by atoms with Crippen molar-refractivity contribution in [1.82, 2.24) is 0 Å². The van der Waals surface area contributed by atoms with E-state index >= 15 is 0 Å². The van der Waals surface area contributed by atoms with Crippen LogP contribution in [0.1, 0.15) is 25.3 Å².